The molecule has 0 aromatic heterocycles. The summed E-state index contributed by atoms with van der Waals surface area (Å²) >= 11 is 0. The van der Waals surface area contributed by atoms with Gasteiger partial charge >= 0.3 is 5.97 Å². The first kappa shape index (κ1) is 42.4. The zero-order valence-corrected chi connectivity index (χ0v) is 28.2. The van der Waals surface area contributed by atoms with Crippen molar-refractivity contribution in [2.24, 2.45) is 5.92 Å². The lowest BCUT2D eigenvalue weighted by atomic mass is 9.99. The van der Waals surface area contributed by atoms with E-state index in [2.05, 4.69) is 19.2 Å². The Morgan fingerprint density at radius 3 is 1.50 bits per heavy atom. The summed E-state index contributed by atoms with van der Waals surface area (Å²) in [5.74, 6) is -0.447. The topological polar surface area (TPSA) is 101 Å². The second-order valence-corrected chi connectivity index (χ2v) is 12.0. The second-order valence-electron chi connectivity index (χ2n) is 12.0. The summed E-state index contributed by atoms with van der Waals surface area (Å²) in [7, 11) is 0. The molecular weight excluding hydrogens is 526 g/mol. The number of aldehydes is 1. The lowest BCUT2D eigenvalue weighted by molar-refractivity contribution is -0.142. The SMILES string of the molecule is CC.CCC(C)CCCCCC(=O)CC[C@H](NC(=O)CCCCCCCCCCCCCCCCCCC=O)C(=O)O. The molecule has 0 aromatic carbocycles. The van der Waals surface area contributed by atoms with E-state index in [9.17, 15) is 24.3 Å². The van der Waals surface area contributed by atoms with Gasteiger partial charge in [-0.05, 0) is 31.6 Å². The van der Waals surface area contributed by atoms with Crippen LogP contribution in [0.2, 0.25) is 0 Å². The van der Waals surface area contributed by atoms with Gasteiger partial charge in [-0.25, -0.2) is 4.79 Å². The highest BCUT2D eigenvalue weighted by Crippen LogP contribution is 2.15. The normalized spacial score (nSPS) is 12.2. The Labute approximate surface area is 260 Å². The van der Waals surface area contributed by atoms with E-state index in [-0.39, 0.29) is 24.5 Å². The van der Waals surface area contributed by atoms with Crippen LogP contribution >= 0.6 is 0 Å². The van der Waals surface area contributed by atoms with E-state index in [1.807, 2.05) is 13.8 Å². The van der Waals surface area contributed by atoms with Crippen LogP contribution in [0.15, 0.2) is 0 Å². The lowest BCUT2D eigenvalue weighted by Crippen LogP contribution is -2.41. The van der Waals surface area contributed by atoms with Gasteiger partial charge in [0.2, 0.25) is 5.91 Å². The Bertz CT molecular complexity index is 636. The van der Waals surface area contributed by atoms with Crippen molar-refractivity contribution in [3.05, 3.63) is 0 Å². The van der Waals surface area contributed by atoms with Gasteiger partial charge in [0.25, 0.3) is 0 Å². The van der Waals surface area contributed by atoms with Crippen molar-refractivity contribution in [3.63, 3.8) is 0 Å². The van der Waals surface area contributed by atoms with Crippen LogP contribution in [0.4, 0.5) is 0 Å². The van der Waals surface area contributed by atoms with Gasteiger partial charge in [0.05, 0.1) is 0 Å². The second kappa shape index (κ2) is 33.8. The molecular formula is C36H69NO5. The molecule has 0 rings (SSSR count). The number of Topliss-reactive ketones (excluding diaryl/α,β-unsaturated/α-hetero) is 1. The fraction of sp³-hybridized carbons (Fsp3) is 0.889. The number of aliphatic carboxylic acids is 1. The average Bonchev–Trinajstić information content (AvgIpc) is 2.99. The number of carbonyl (C=O) groups excluding carboxylic acids is 3. The molecule has 1 unspecified atom stereocenters. The van der Waals surface area contributed by atoms with Gasteiger partial charge in [-0.15, -0.1) is 0 Å². The molecule has 0 fully saturated rings. The quantitative estimate of drug-likeness (QED) is 0.0613. The van der Waals surface area contributed by atoms with E-state index >= 15 is 0 Å². The van der Waals surface area contributed by atoms with Crippen molar-refractivity contribution in [2.75, 3.05) is 0 Å². The van der Waals surface area contributed by atoms with Crippen LogP contribution in [0.25, 0.3) is 0 Å². The van der Waals surface area contributed by atoms with Gasteiger partial charge in [-0.3, -0.25) is 9.59 Å². The maximum atomic E-state index is 12.2. The largest absolute Gasteiger partial charge is 0.480 e. The average molecular weight is 596 g/mol. The van der Waals surface area contributed by atoms with Crippen molar-refractivity contribution in [3.8, 4) is 0 Å². The molecule has 0 bridgehead atoms. The number of nitrogens with one attached hydrogen (secondary N) is 1. The van der Waals surface area contributed by atoms with E-state index < -0.39 is 12.0 Å². The number of amides is 1. The number of hydrogen-bond acceptors (Lipinski definition) is 4. The highest BCUT2D eigenvalue weighted by molar-refractivity contribution is 5.84. The highest BCUT2D eigenvalue weighted by atomic mass is 16.4. The molecule has 0 heterocycles. The van der Waals surface area contributed by atoms with Gasteiger partial charge < -0.3 is 15.2 Å². The monoisotopic (exact) mass is 596 g/mol. The molecule has 0 saturated heterocycles. The molecule has 0 radical (unpaired) electrons. The summed E-state index contributed by atoms with van der Waals surface area (Å²) in [5.41, 5.74) is 0. The van der Waals surface area contributed by atoms with Gasteiger partial charge in [-0.2, -0.15) is 0 Å². The van der Waals surface area contributed by atoms with E-state index in [1.165, 1.54) is 89.9 Å². The molecule has 0 saturated carbocycles. The van der Waals surface area contributed by atoms with Crippen molar-refractivity contribution in [2.45, 2.75) is 201 Å². The maximum Gasteiger partial charge on any atom is 0.326 e. The Morgan fingerprint density at radius 1 is 0.619 bits per heavy atom. The van der Waals surface area contributed by atoms with Gasteiger partial charge in [-0.1, -0.05) is 143 Å². The predicted octanol–water partition coefficient (Wildman–Crippen LogP) is 10.1. The zero-order valence-electron chi connectivity index (χ0n) is 28.2. The van der Waals surface area contributed by atoms with Crippen LogP contribution in [0, 0.1) is 5.92 Å². The standard InChI is InChI=1S/C34H63NO5.C2H6/c1-3-30(2)24-20-19-21-25-31(37)27-28-32(34(39)40)35-33(38)26-22-17-15-13-11-9-7-5-4-6-8-10-12-14-16-18-23-29-36;1-2/h29-30,32H,3-28H2,1-2H3,(H,35,38)(H,39,40);1-2H3/t30?,32-;/m0./s1. The minimum atomic E-state index is -1.06. The van der Waals surface area contributed by atoms with E-state index in [4.69, 9.17) is 0 Å². The van der Waals surface area contributed by atoms with Crippen LogP contribution in [-0.2, 0) is 19.2 Å². The fourth-order valence-electron chi connectivity index (χ4n) is 5.14. The summed E-state index contributed by atoms with van der Waals surface area (Å²) in [6, 6.07) is -0.971. The van der Waals surface area contributed by atoms with E-state index in [0.717, 1.165) is 63.6 Å². The summed E-state index contributed by atoms with van der Waals surface area (Å²) in [5, 5.41) is 12.1. The third-order valence-corrected chi connectivity index (χ3v) is 8.17. The highest BCUT2D eigenvalue weighted by Gasteiger charge is 2.20. The van der Waals surface area contributed by atoms with Crippen molar-refractivity contribution >= 4 is 23.9 Å². The first-order valence-corrected chi connectivity index (χ1v) is 17.9. The summed E-state index contributed by atoms with van der Waals surface area (Å²) < 4.78 is 0. The summed E-state index contributed by atoms with van der Waals surface area (Å²) in [4.78, 5) is 46.2. The molecule has 0 spiro atoms. The number of carboxylic acids is 1. The van der Waals surface area contributed by atoms with Crippen LogP contribution in [0.1, 0.15) is 195 Å². The van der Waals surface area contributed by atoms with Crippen molar-refractivity contribution in [1.29, 1.82) is 0 Å². The number of hydrogen-bond donors (Lipinski definition) is 2. The first-order valence-electron chi connectivity index (χ1n) is 17.9. The maximum absolute atomic E-state index is 12.2. The van der Waals surface area contributed by atoms with Crippen molar-refractivity contribution < 1.29 is 24.3 Å². The van der Waals surface area contributed by atoms with E-state index in [0.29, 0.717) is 12.8 Å². The summed E-state index contributed by atoms with van der Waals surface area (Å²) in [6.45, 7) is 8.45. The minimum Gasteiger partial charge on any atom is -0.480 e. The number of ketones is 1. The first-order chi connectivity index (χ1) is 20.4. The van der Waals surface area contributed by atoms with Crippen molar-refractivity contribution in [1.82, 2.24) is 5.32 Å². The van der Waals surface area contributed by atoms with Crippen LogP contribution in [0.3, 0.4) is 0 Å². The van der Waals surface area contributed by atoms with Gasteiger partial charge in [0.1, 0.15) is 18.1 Å². The van der Waals surface area contributed by atoms with Crippen LogP contribution in [0.5, 0.6) is 0 Å². The zero-order chi connectivity index (χ0) is 31.7. The molecule has 1 amide bonds. The smallest absolute Gasteiger partial charge is 0.326 e. The Hall–Kier alpha value is -1.72. The van der Waals surface area contributed by atoms with Crippen LogP contribution in [-0.4, -0.2) is 35.1 Å². The molecule has 0 aliphatic heterocycles. The summed E-state index contributed by atoms with van der Waals surface area (Å²) in [6.07, 6.45) is 27.9. The fourth-order valence-corrected chi connectivity index (χ4v) is 5.14. The molecule has 2 N–H and O–H groups in total. The molecule has 6 nitrogen and oxygen atoms in total. The lowest BCUT2D eigenvalue weighted by Gasteiger charge is -2.14. The molecule has 0 aliphatic rings. The Kier molecular flexibility index (Phi) is 34.1. The third-order valence-electron chi connectivity index (χ3n) is 8.17. The number of unbranched alkanes of at least 4 members (excludes halogenated alkanes) is 18. The molecule has 248 valence electrons. The molecule has 42 heavy (non-hydrogen) atoms. The minimum absolute atomic E-state index is 0.0960. The van der Waals surface area contributed by atoms with Gasteiger partial charge in [0.15, 0.2) is 0 Å². The molecule has 2 atom stereocenters. The van der Waals surface area contributed by atoms with E-state index in [1.54, 1.807) is 0 Å². The number of carboxylic acid groups (broad SMARTS) is 1. The van der Waals surface area contributed by atoms with Gasteiger partial charge in [0, 0.05) is 25.7 Å². The third kappa shape index (κ3) is 31.2. The Morgan fingerprint density at radius 2 is 1.05 bits per heavy atom. The Balaban J connectivity index is 0. The molecule has 0 aromatic rings. The molecule has 0 aliphatic carbocycles. The predicted molar refractivity (Wildman–Crippen MR) is 177 cm³/mol. The number of carbonyl (C=O) groups is 4. The number of rotatable bonds is 31. The molecule has 6 heteroatoms. The van der Waals surface area contributed by atoms with Crippen LogP contribution < -0.4 is 5.32 Å².